The van der Waals surface area contributed by atoms with E-state index in [1.165, 1.54) is 29.4 Å². The first-order valence-electron chi connectivity index (χ1n) is 6.57. The minimum absolute atomic E-state index is 0.0663. The lowest BCUT2D eigenvalue weighted by Gasteiger charge is -2.40. The second-order valence-corrected chi connectivity index (χ2v) is 7.23. The normalized spacial score (nSPS) is 18.0. The molecule has 0 spiro atoms. The lowest BCUT2D eigenvalue weighted by molar-refractivity contribution is -0.144. The quantitative estimate of drug-likeness (QED) is 0.826. The van der Waals surface area contributed by atoms with Crippen molar-refractivity contribution in [2.75, 3.05) is 13.1 Å². The van der Waals surface area contributed by atoms with Crippen LogP contribution in [0.25, 0.3) is 0 Å². The number of carboxylic acids is 1. The zero-order valence-electron chi connectivity index (χ0n) is 11.8. The number of nitrogens with zero attached hydrogens (tertiary/aromatic N) is 1. The standard InChI is InChI=1S/C14H17NO5S/c1-9(14(17)18)12-7-15(8-12)21(19,20)13-5-3-4-11(6-13)10(2)16/h3-6,9,12H,7-8H2,1-2H3,(H,17,18). The molecule has 0 aliphatic carbocycles. The van der Waals surface area contributed by atoms with Crippen LogP contribution >= 0.6 is 0 Å². The number of ketones is 1. The number of carbonyl (C=O) groups excluding carboxylic acids is 1. The Morgan fingerprint density at radius 1 is 1.33 bits per heavy atom. The van der Waals surface area contributed by atoms with Crippen LogP contribution in [0.1, 0.15) is 24.2 Å². The SMILES string of the molecule is CC(=O)c1cccc(S(=O)(=O)N2CC(C(C)C(=O)O)C2)c1. The maximum atomic E-state index is 12.4. The van der Waals surface area contributed by atoms with E-state index >= 15 is 0 Å². The van der Waals surface area contributed by atoms with Crippen molar-refractivity contribution in [3.05, 3.63) is 29.8 Å². The molecule has 2 rings (SSSR count). The van der Waals surface area contributed by atoms with Gasteiger partial charge in [0.1, 0.15) is 0 Å². The number of carboxylic acid groups (broad SMARTS) is 1. The molecule has 0 amide bonds. The third-order valence-electron chi connectivity index (χ3n) is 3.85. The minimum Gasteiger partial charge on any atom is -0.481 e. The van der Waals surface area contributed by atoms with Crippen LogP contribution in [0.15, 0.2) is 29.2 Å². The van der Waals surface area contributed by atoms with Gasteiger partial charge in [0.15, 0.2) is 5.78 Å². The minimum atomic E-state index is -3.66. The van der Waals surface area contributed by atoms with Crippen LogP contribution in [-0.4, -0.2) is 42.7 Å². The van der Waals surface area contributed by atoms with Crippen LogP contribution in [-0.2, 0) is 14.8 Å². The van der Waals surface area contributed by atoms with Gasteiger partial charge in [0.05, 0.1) is 10.8 Å². The average Bonchev–Trinajstić information content (AvgIpc) is 2.36. The molecule has 1 saturated heterocycles. The molecule has 0 saturated carbocycles. The number of benzene rings is 1. The summed E-state index contributed by atoms with van der Waals surface area (Å²) in [4.78, 5) is 22.3. The summed E-state index contributed by atoms with van der Waals surface area (Å²) < 4.78 is 26.0. The first kappa shape index (κ1) is 15.7. The first-order valence-corrected chi connectivity index (χ1v) is 8.01. The van der Waals surface area contributed by atoms with Gasteiger partial charge in [-0.15, -0.1) is 0 Å². The van der Waals surface area contributed by atoms with Crippen molar-refractivity contribution in [2.45, 2.75) is 18.7 Å². The van der Waals surface area contributed by atoms with Crippen molar-refractivity contribution < 1.29 is 23.1 Å². The van der Waals surface area contributed by atoms with Gasteiger partial charge in [-0.1, -0.05) is 19.1 Å². The molecular formula is C14H17NO5S. The Morgan fingerprint density at radius 3 is 2.48 bits per heavy atom. The Balaban J connectivity index is 2.16. The number of rotatable bonds is 5. The summed E-state index contributed by atoms with van der Waals surface area (Å²) in [5.41, 5.74) is 0.340. The van der Waals surface area contributed by atoms with Crippen molar-refractivity contribution in [3.63, 3.8) is 0 Å². The molecule has 1 unspecified atom stereocenters. The molecule has 7 heteroatoms. The van der Waals surface area contributed by atoms with E-state index < -0.39 is 21.9 Å². The summed E-state index contributed by atoms with van der Waals surface area (Å²) in [6, 6.07) is 5.88. The van der Waals surface area contributed by atoms with Gasteiger partial charge in [0.2, 0.25) is 10.0 Å². The third kappa shape index (κ3) is 2.98. The van der Waals surface area contributed by atoms with E-state index in [4.69, 9.17) is 5.11 Å². The van der Waals surface area contributed by atoms with Crippen LogP contribution in [0.4, 0.5) is 0 Å². The van der Waals surface area contributed by atoms with Gasteiger partial charge < -0.3 is 5.11 Å². The Hall–Kier alpha value is -1.73. The number of sulfonamides is 1. The van der Waals surface area contributed by atoms with Gasteiger partial charge in [0.25, 0.3) is 0 Å². The van der Waals surface area contributed by atoms with E-state index in [0.29, 0.717) is 5.56 Å². The van der Waals surface area contributed by atoms with E-state index in [9.17, 15) is 18.0 Å². The van der Waals surface area contributed by atoms with Gasteiger partial charge in [-0.3, -0.25) is 9.59 Å². The summed E-state index contributed by atoms with van der Waals surface area (Å²) in [5.74, 6) is -1.86. The van der Waals surface area contributed by atoms with Crippen molar-refractivity contribution in [3.8, 4) is 0 Å². The Bertz CT molecular complexity index is 676. The van der Waals surface area contributed by atoms with Crippen LogP contribution in [0.5, 0.6) is 0 Å². The molecule has 0 radical (unpaired) electrons. The monoisotopic (exact) mass is 311 g/mol. The maximum Gasteiger partial charge on any atom is 0.306 e. The molecule has 1 fully saturated rings. The highest BCUT2D eigenvalue weighted by molar-refractivity contribution is 7.89. The molecule has 114 valence electrons. The number of aliphatic carboxylic acids is 1. The summed E-state index contributed by atoms with van der Waals surface area (Å²) >= 11 is 0. The molecule has 1 aromatic carbocycles. The zero-order chi connectivity index (χ0) is 15.8. The largest absolute Gasteiger partial charge is 0.481 e. The second-order valence-electron chi connectivity index (χ2n) is 5.29. The highest BCUT2D eigenvalue weighted by Crippen LogP contribution is 2.30. The van der Waals surface area contributed by atoms with Gasteiger partial charge >= 0.3 is 5.97 Å². The maximum absolute atomic E-state index is 12.4. The van der Waals surface area contributed by atoms with E-state index in [2.05, 4.69) is 0 Å². The van der Waals surface area contributed by atoms with Crippen LogP contribution in [0.3, 0.4) is 0 Å². The molecule has 6 nitrogen and oxygen atoms in total. The van der Waals surface area contributed by atoms with Crippen LogP contribution in [0.2, 0.25) is 0 Å². The Labute approximate surface area is 123 Å². The Morgan fingerprint density at radius 2 is 1.95 bits per heavy atom. The van der Waals surface area contributed by atoms with Gasteiger partial charge in [-0.25, -0.2) is 8.42 Å². The summed E-state index contributed by atoms with van der Waals surface area (Å²) in [6.45, 7) is 3.34. The lowest BCUT2D eigenvalue weighted by Crippen LogP contribution is -2.53. The van der Waals surface area contributed by atoms with Gasteiger partial charge in [-0.05, 0) is 25.0 Å². The van der Waals surface area contributed by atoms with Crippen molar-refractivity contribution in [2.24, 2.45) is 11.8 Å². The van der Waals surface area contributed by atoms with Crippen LogP contribution < -0.4 is 0 Å². The molecule has 1 N–H and O–H groups in total. The van der Waals surface area contributed by atoms with Crippen molar-refractivity contribution >= 4 is 21.8 Å². The number of hydrogen-bond acceptors (Lipinski definition) is 4. The molecular weight excluding hydrogens is 294 g/mol. The molecule has 1 aliphatic rings. The molecule has 1 heterocycles. The van der Waals surface area contributed by atoms with Crippen molar-refractivity contribution in [1.29, 1.82) is 0 Å². The topological polar surface area (TPSA) is 91.8 Å². The summed E-state index contributed by atoms with van der Waals surface area (Å²) in [6.07, 6.45) is 0. The number of carbonyl (C=O) groups is 2. The lowest BCUT2D eigenvalue weighted by atomic mass is 9.89. The van der Waals surface area contributed by atoms with E-state index in [-0.39, 0.29) is 29.7 Å². The van der Waals surface area contributed by atoms with Gasteiger partial charge in [-0.2, -0.15) is 4.31 Å². The fourth-order valence-electron chi connectivity index (χ4n) is 2.21. The van der Waals surface area contributed by atoms with E-state index in [1.54, 1.807) is 13.0 Å². The Kier molecular flexibility index (Phi) is 4.15. The molecule has 0 bridgehead atoms. The van der Waals surface area contributed by atoms with Crippen molar-refractivity contribution in [1.82, 2.24) is 4.31 Å². The van der Waals surface area contributed by atoms with E-state index in [1.807, 2.05) is 0 Å². The predicted molar refractivity (Wildman–Crippen MR) is 75.5 cm³/mol. The molecule has 21 heavy (non-hydrogen) atoms. The number of Topliss-reactive ketones (excluding diaryl/α,β-unsaturated/α-hetero) is 1. The average molecular weight is 311 g/mol. The first-order chi connectivity index (χ1) is 9.73. The summed E-state index contributed by atoms with van der Waals surface area (Å²) in [7, 11) is -3.66. The summed E-state index contributed by atoms with van der Waals surface area (Å²) in [5, 5.41) is 8.92. The molecule has 1 aliphatic heterocycles. The second kappa shape index (κ2) is 5.57. The fraction of sp³-hybridized carbons (Fsp3) is 0.429. The number of hydrogen-bond donors (Lipinski definition) is 1. The molecule has 0 aromatic heterocycles. The van der Waals surface area contributed by atoms with E-state index in [0.717, 1.165) is 0 Å². The molecule has 1 aromatic rings. The van der Waals surface area contributed by atoms with Gasteiger partial charge in [0, 0.05) is 18.7 Å². The molecule has 1 atom stereocenters. The highest BCUT2D eigenvalue weighted by atomic mass is 32.2. The fourth-order valence-corrected chi connectivity index (χ4v) is 3.81. The smallest absolute Gasteiger partial charge is 0.306 e. The predicted octanol–water partition coefficient (Wildman–Crippen LogP) is 1.23. The third-order valence-corrected chi connectivity index (χ3v) is 5.68. The zero-order valence-corrected chi connectivity index (χ0v) is 12.6. The van der Waals surface area contributed by atoms with Crippen LogP contribution in [0, 0.1) is 11.8 Å². The highest BCUT2D eigenvalue weighted by Gasteiger charge is 2.41.